The number of nitrogens with one attached hydrogen (secondary N) is 1. The number of nitrogens with two attached hydrogens (primary N) is 1. The van der Waals surface area contributed by atoms with Crippen molar-refractivity contribution in [3.63, 3.8) is 0 Å². The second-order valence-electron chi connectivity index (χ2n) is 5.02. The number of nitrogen functional groups attached to an aromatic ring is 1. The third-order valence-electron chi connectivity index (χ3n) is 3.34. The minimum atomic E-state index is -0.325. The molecule has 0 radical (unpaired) electrons. The molecule has 1 atom stereocenters. The van der Waals surface area contributed by atoms with Crippen molar-refractivity contribution in [2.75, 3.05) is 11.1 Å². The zero-order chi connectivity index (χ0) is 15.4. The number of benzene rings is 2. The van der Waals surface area contributed by atoms with Gasteiger partial charge in [-0.1, -0.05) is 24.3 Å². The van der Waals surface area contributed by atoms with Gasteiger partial charge in [-0.15, -0.1) is 0 Å². The van der Waals surface area contributed by atoms with Crippen molar-refractivity contribution in [1.29, 1.82) is 0 Å². The maximum atomic E-state index is 12.3. The number of carbonyl (C=O) groups excluding carboxylic acids is 2. The van der Waals surface area contributed by atoms with Crippen LogP contribution in [0.3, 0.4) is 0 Å². The molecule has 2 rings (SSSR count). The van der Waals surface area contributed by atoms with Crippen LogP contribution >= 0.6 is 0 Å². The molecule has 0 aromatic heterocycles. The van der Waals surface area contributed by atoms with Gasteiger partial charge >= 0.3 is 0 Å². The first-order chi connectivity index (χ1) is 9.97. The second-order valence-corrected chi connectivity index (χ2v) is 5.02. The van der Waals surface area contributed by atoms with E-state index in [4.69, 9.17) is 5.73 Å². The van der Waals surface area contributed by atoms with Crippen LogP contribution in [0.4, 0.5) is 11.4 Å². The topological polar surface area (TPSA) is 72.2 Å². The van der Waals surface area contributed by atoms with Crippen molar-refractivity contribution in [2.24, 2.45) is 0 Å². The Morgan fingerprint density at radius 2 is 1.81 bits per heavy atom. The van der Waals surface area contributed by atoms with Gasteiger partial charge in [-0.05, 0) is 43.7 Å². The molecule has 1 unspecified atom stereocenters. The van der Waals surface area contributed by atoms with Crippen molar-refractivity contribution in [2.45, 2.75) is 19.8 Å². The van der Waals surface area contributed by atoms with E-state index in [9.17, 15) is 9.59 Å². The van der Waals surface area contributed by atoms with E-state index in [2.05, 4.69) is 5.32 Å². The first kappa shape index (κ1) is 14.8. The van der Waals surface area contributed by atoms with Crippen LogP contribution in [0.5, 0.6) is 0 Å². The monoisotopic (exact) mass is 282 g/mol. The predicted molar refractivity (Wildman–Crippen MR) is 84.3 cm³/mol. The van der Waals surface area contributed by atoms with Crippen molar-refractivity contribution >= 4 is 23.1 Å². The molecule has 0 saturated carbocycles. The molecular formula is C17H18N2O2. The standard InChI is InChI=1S/C17H18N2O2/c1-11(13-5-3-7-15(18)9-13)17(21)19-16-8-4-6-14(10-16)12(2)20/h3-11H,18H2,1-2H3,(H,19,21). The quantitative estimate of drug-likeness (QED) is 0.668. The summed E-state index contributed by atoms with van der Waals surface area (Å²) in [7, 11) is 0. The summed E-state index contributed by atoms with van der Waals surface area (Å²) >= 11 is 0. The minimum Gasteiger partial charge on any atom is -0.399 e. The van der Waals surface area contributed by atoms with E-state index in [0.717, 1.165) is 5.56 Å². The lowest BCUT2D eigenvalue weighted by Crippen LogP contribution is -2.19. The van der Waals surface area contributed by atoms with Gasteiger partial charge in [-0.2, -0.15) is 0 Å². The van der Waals surface area contributed by atoms with E-state index in [1.54, 1.807) is 36.4 Å². The fraction of sp³-hybridized carbons (Fsp3) is 0.176. The summed E-state index contributed by atoms with van der Waals surface area (Å²) in [5, 5.41) is 2.82. The zero-order valence-electron chi connectivity index (χ0n) is 12.1. The zero-order valence-corrected chi connectivity index (χ0v) is 12.1. The van der Waals surface area contributed by atoms with Crippen molar-refractivity contribution in [3.8, 4) is 0 Å². The molecule has 108 valence electrons. The van der Waals surface area contributed by atoms with Gasteiger partial charge in [-0.25, -0.2) is 0 Å². The molecule has 2 aromatic rings. The Labute approximate surface area is 124 Å². The van der Waals surface area contributed by atoms with E-state index in [1.807, 2.05) is 19.1 Å². The fourth-order valence-electron chi connectivity index (χ4n) is 2.05. The summed E-state index contributed by atoms with van der Waals surface area (Å²) in [6.07, 6.45) is 0. The highest BCUT2D eigenvalue weighted by atomic mass is 16.2. The van der Waals surface area contributed by atoms with Gasteiger partial charge in [0.05, 0.1) is 5.92 Å². The number of anilines is 2. The minimum absolute atomic E-state index is 0.0324. The van der Waals surface area contributed by atoms with Crippen LogP contribution in [-0.4, -0.2) is 11.7 Å². The molecule has 2 aromatic carbocycles. The summed E-state index contributed by atoms with van der Waals surface area (Å²) in [4.78, 5) is 23.6. The fourth-order valence-corrected chi connectivity index (χ4v) is 2.05. The van der Waals surface area contributed by atoms with E-state index in [0.29, 0.717) is 16.9 Å². The number of ketones is 1. The lowest BCUT2D eigenvalue weighted by atomic mass is 9.99. The number of hydrogen-bond donors (Lipinski definition) is 2. The van der Waals surface area contributed by atoms with Crippen molar-refractivity contribution in [1.82, 2.24) is 0 Å². The van der Waals surface area contributed by atoms with Crippen molar-refractivity contribution < 1.29 is 9.59 Å². The second kappa shape index (κ2) is 6.22. The van der Waals surface area contributed by atoms with Gasteiger partial charge in [0, 0.05) is 16.9 Å². The Bertz CT molecular complexity index is 680. The van der Waals surface area contributed by atoms with Gasteiger partial charge < -0.3 is 11.1 Å². The third kappa shape index (κ3) is 3.69. The SMILES string of the molecule is CC(=O)c1cccc(NC(=O)C(C)c2cccc(N)c2)c1. The Morgan fingerprint density at radius 1 is 1.10 bits per heavy atom. The molecule has 0 spiro atoms. The predicted octanol–water partition coefficient (Wildman–Crippen LogP) is 3.21. The molecule has 3 N–H and O–H groups in total. The molecule has 0 aliphatic carbocycles. The molecule has 0 aliphatic heterocycles. The first-order valence-corrected chi connectivity index (χ1v) is 6.74. The van der Waals surface area contributed by atoms with Gasteiger partial charge in [0.2, 0.25) is 5.91 Å². The van der Waals surface area contributed by atoms with E-state index >= 15 is 0 Å². The molecule has 21 heavy (non-hydrogen) atoms. The van der Waals surface area contributed by atoms with Gasteiger partial charge in [-0.3, -0.25) is 9.59 Å². The first-order valence-electron chi connectivity index (χ1n) is 6.74. The number of rotatable bonds is 4. The molecule has 4 heteroatoms. The highest BCUT2D eigenvalue weighted by Crippen LogP contribution is 2.20. The highest BCUT2D eigenvalue weighted by molar-refractivity contribution is 5.98. The lowest BCUT2D eigenvalue weighted by Gasteiger charge is -2.13. The summed E-state index contributed by atoms with van der Waals surface area (Å²) in [6.45, 7) is 3.31. The molecule has 4 nitrogen and oxygen atoms in total. The van der Waals surface area contributed by atoms with Crippen LogP contribution in [0.1, 0.15) is 35.7 Å². The summed E-state index contributed by atoms with van der Waals surface area (Å²) in [5.74, 6) is -0.495. The maximum absolute atomic E-state index is 12.3. The molecule has 0 heterocycles. The normalized spacial score (nSPS) is 11.7. The molecule has 0 aliphatic rings. The summed E-state index contributed by atoms with van der Waals surface area (Å²) in [6, 6.07) is 14.2. The molecule has 0 saturated heterocycles. The van der Waals surface area contributed by atoms with Crippen LogP contribution < -0.4 is 11.1 Å². The van der Waals surface area contributed by atoms with Gasteiger partial charge in [0.15, 0.2) is 5.78 Å². The van der Waals surface area contributed by atoms with Crippen LogP contribution in [0.25, 0.3) is 0 Å². The maximum Gasteiger partial charge on any atom is 0.231 e. The Morgan fingerprint density at radius 3 is 2.48 bits per heavy atom. The number of amides is 1. The number of hydrogen-bond acceptors (Lipinski definition) is 3. The third-order valence-corrected chi connectivity index (χ3v) is 3.34. The average Bonchev–Trinajstić information content (AvgIpc) is 2.46. The smallest absolute Gasteiger partial charge is 0.231 e. The molecular weight excluding hydrogens is 264 g/mol. The van der Waals surface area contributed by atoms with Crippen LogP contribution in [0.15, 0.2) is 48.5 Å². The molecule has 0 bridgehead atoms. The van der Waals surface area contributed by atoms with Gasteiger partial charge in [0.1, 0.15) is 0 Å². The number of carbonyl (C=O) groups is 2. The van der Waals surface area contributed by atoms with E-state index < -0.39 is 0 Å². The summed E-state index contributed by atoms with van der Waals surface area (Å²) in [5.41, 5.74) is 8.41. The van der Waals surface area contributed by atoms with Crippen LogP contribution in [0, 0.1) is 0 Å². The Balaban J connectivity index is 2.14. The van der Waals surface area contributed by atoms with E-state index in [-0.39, 0.29) is 17.6 Å². The molecule has 0 fully saturated rings. The highest BCUT2D eigenvalue weighted by Gasteiger charge is 2.15. The van der Waals surface area contributed by atoms with Gasteiger partial charge in [0.25, 0.3) is 0 Å². The number of Topliss-reactive ketones (excluding diaryl/α,β-unsaturated/α-hetero) is 1. The lowest BCUT2D eigenvalue weighted by molar-refractivity contribution is -0.117. The van der Waals surface area contributed by atoms with Crippen LogP contribution in [0.2, 0.25) is 0 Å². The Hall–Kier alpha value is -2.62. The molecule has 1 amide bonds. The largest absolute Gasteiger partial charge is 0.399 e. The Kier molecular flexibility index (Phi) is 4.38. The summed E-state index contributed by atoms with van der Waals surface area (Å²) < 4.78 is 0. The van der Waals surface area contributed by atoms with E-state index in [1.165, 1.54) is 6.92 Å². The van der Waals surface area contributed by atoms with Crippen molar-refractivity contribution in [3.05, 3.63) is 59.7 Å². The average molecular weight is 282 g/mol. The van der Waals surface area contributed by atoms with Crippen LogP contribution in [-0.2, 0) is 4.79 Å².